The highest BCUT2D eigenvalue weighted by Crippen LogP contribution is 2.28. The molecule has 0 spiro atoms. The van der Waals surface area contributed by atoms with E-state index in [0.29, 0.717) is 16.4 Å². The van der Waals surface area contributed by atoms with Gasteiger partial charge in [0.2, 0.25) is 0 Å². The molecule has 2 heterocycles. The molecular weight excluding hydrogens is 300 g/mol. The molecule has 0 bridgehead atoms. The molecule has 0 saturated carbocycles. The van der Waals surface area contributed by atoms with Crippen molar-refractivity contribution >= 4 is 38.4 Å². The minimum Gasteiger partial charge on any atom is -0.312 e. The number of rotatable bonds is 6. The summed E-state index contributed by atoms with van der Waals surface area (Å²) in [6.07, 6.45) is 0. The van der Waals surface area contributed by atoms with E-state index in [1.54, 1.807) is 17.5 Å². The van der Waals surface area contributed by atoms with Crippen molar-refractivity contribution in [2.24, 2.45) is 0 Å². The second-order valence-corrected chi connectivity index (χ2v) is 7.90. The first kappa shape index (κ1) is 14.5. The molecule has 0 aliphatic carbocycles. The normalized spacial score (nSPS) is 11.7. The maximum absolute atomic E-state index is 12.2. The molecule has 2 rings (SSSR count). The summed E-state index contributed by atoms with van der Waals surface area (Å²) >= 11 is 2.78. The Morgan fingerprint density at radius 2 is 2.16 bits per heavy atom. The SMILES string of the molecule is CCNCc1sc(S(=O)(=O)Nc2ccsc2)cc1C. The van der Waals surface area contributed by atoms with Crippen molar-refractivity contribution < 1.29 is 8.42 Å². The highest BCUT2D eigenvalue weighted by Gasteiger charge is 2.19. The lowest BCUT2D eigenvalue weighted by molar-refractivity contribution is 0.603. The van der Waals surface area contributed by atoms with Gasteiger partial charge in [-0.1, -0.05) is 6.92 Å². The number of sulfonamides is 1. The Balaban J connectivity index is 2.21. The summed E-state index contributed by atoms with van der Waals surface area (Å²) < 4.78 is 27.4. The van der Waals surface area contributed by atoms with Gasteiger partial charge in [0, 0.05) is 16.8 Å². The van der Waals surface area contributed by atoms with Crippen molar-refractivity contribution in [1.82, 2.24) is 5.32 Å². The van der Waals surface area contributed by atoms with Crippen molar-refractivity contribution in [2.45, 2.75) is 24.6 Å². The molecule has 2 aromatic rings. The zero-order chi connectivity index (χ0) is 13.9. The van der Waals surface area contributed by atoms with Gasteiger partial charge in [0.25, 0.3) is 10.0 Å². The van der Waals surface area contributed by atoms with Crippen molar-refractivity contribution in [1.29, 1.82) is 0 Å². The molecule has 0 radical (unpaired) electrons. The highest BCUT2D eigenvalue weighted by molar-refractivity contribution is 7.94. The van der Waals surface area contributed by atoms with Crippen molar-refractivity contribution in [2.75, 3.05) is 11.3 Å². The number of nitrogens with one attached hydrogen (secondary N) is 2. The van der Waals surface area contributed by atoms with Gasteiger partial charge in [-0.15, -0.1) is 11.3 Å². The summed E-state index contributed by atoms with van der Waals surface area (Å²) in [5, 5.41) is 6.83. The molecular formula is C12H16N2O2S3. The fourth-order valence-electron chi connectivity index (χ4n) is 1.56. The smallest absolute Gasteiger partial charge is 0.271 e. The topological polar surface area (TPSA) is 58.2 Å². The van der Waals surface area contributed by atoms with Gasteiger partial charge in [-0.2, -0.15) is 11.3 Å². The zero-order valence-electron chi connectivity index (χ0n) is 10.8. The van der Waals surface area contributed by atoms with Crippen LogP contribution >= 0.6 is 22.7 Å². The minimum absolute atomic E-state index is 0.365. The molecule has 0 saturated heterocycles. The van der Waals surface area contributed by atoms with Crippen molar-refractivity contribution in [3.05, 3.63) is 33.3 Å². The van der Waals surface area contributed by atoms with Crippen molar-refractivity contribution in [3.63, 3.8) is 0 Å². The maximum atomic E-state index is 12.2. The summed E-state index contributed by atoms with van der Waals surface area (Å²) in [6.45, 7) is 5.54. The fraction of sp³-hybridized carbons (Fsp3) is 0.333. The van der Waals surface area contributed by atoms with E-state index in [-0.39, 0.29) is 0 Å². The van der Waals surface area contributed by atoms with Gasteiger partial charge in [0.1, 0.15) is 4.21 Å². The van der Waals surface area contributed by atoms with Crippen LogP contribution in [0.3, 0.4) is 0 Å². The first-order valence-electron chi connectivity index (χ1n) is 5.88. The second kappa shape index (κ2) is 6.04. The maximum Gasteiger partial charge on any atom is 0.271 e. The Hall–Kier alpha value is -0.890. The van der Waals surface area contributed by atoms with Crippen LogP contribution in [0.25, 0.3) is 0 Å². The average Bonchev–Trinajstić information content (AvgIpc) is 2.96. The fourth-order valence-corrected chi connectivity index (χ4v) is 4.83. The molecule has 0 fully saturated rings. The molecule has 104 valence electrons. The Morgan fingerprint density at radius 1 is 1.37 bits per heavy atom. The van der Waals surface area contributed by atoms with Gasteiger partial charge >= 0.3 is 0 Å². The number of thiophene rings is 2. The minimum atomic E-state index is -3.46. The second-order valence-electron chi connectivity index (χ2n) is 4.07. The first-order valence-corrected chi connectivity index (χ1v) is 9.12. The van der Waals surface area contributed by atoms with Crippen LogP contribution in [0.15, 0.2) is 27.1 Å². The predicted molar refractivity (Wildman–Crippen MR) is 81.6 cm³/mol. The molecule has 0 aromatic carbocycles. The van der Waals surface area contributed by atoms with Gasteiger partial charge in [0.05, 0.1) is 5.69 Å². The number of hydrogen-bond donors (Lipinski definition) is 2. The molecule has 0 unspecified atom stereocenters. The predicted octanol–water partition coefficient (Wildman–Crippen LogP) is 3.03. The average molecular weight is 316 g/mol. The van der Waals surface area contributed by atoms with Crippen LogP contribution in [0.4, 0.5) is 5.69 Å². The summed E-state index contributed by atoms with van der Waals surface area (Å²) in [4.78, 5) is 1.06. The lowest BCUT2D eigenvalue weighted by Gasteiger charge is -2.03. The van der Waals surface area contributed by atoms with Crippen LogP contribution in [0.2, 0.25) is 0 Å². The van der Waals surface area contributed by atoms with Gasteiger partial charge < -0.3 is 5.32 Å². The molecule has 2 N–H and O–H groups in total. The zero-order valence-corrected chi connectivity index (χ0v) is 13.2. The quantitative estimate of drug-likeness (QED) is 0.861. The standard InChI is InChI=1S/C12H16N2O2S3/c1-3-13-7-11-9(2)6-12(18-11)19(15,16)14-10-4-5-17-8-10/h4-6,8,13-14H,3,7H2,1-2H3. The highest BCUT2D eigenvalue weighted by atomic mass is 32.2. The monoisotopic (exact) mass is 316 g/mol. The van der Waals surface area contributed by atoms with E-state index < -0.39 is 10.0 Å². The Bertz CT molecular complexity index is 630. The Labute approximate surface area is 121 Å². The van der Waals surface area contributed by atoms with E-state index in [2.05, 4.69) is 10.0 Å². The molecule has 7 heteroatoms. The number of aryl methyl sites for hydroxylation is 1. The van der Waals surface area contributed by atoms with Gasteiger partial charge in [-0.25, -0.2) is 8.42 Å². The van der Waals surface area contributed by atoms with Gasteiger partial charge in [-0.3, -0.25) is 4.72 Å². The summed E-state index contributed by atoms with van der Waals surface area (Å²) in [6, 6.07) is 3.48. The molecule has 0 aliphatic rings. The Morgan fingerprint density at radius 3 is 2.79 bits per heavy atom. The van der Waals surface area contributed by atoms with Gasteiger partial charge in [-0.05, 0) is 36.5 Å². The molecule has 2 aromatic heterocycles. The lowest BCUT2D eigenvalue weighted by Crippen LogP contribution is -2.11. The van der Waals surface area contributed by atoms with Crippen LogP contribution in [-0.4, -0.2) is 15.0 Å². The third-order valence-electron chi connectivity index (χ3n) is 2.57. The summed E-state index contributed by atoms with van der Waals surface area (Å²) in [5.74, 6) is 0. The van der Waals surface area contributed by atoms with Crippen LogP contribution in [0, 0.1) is 6.92 Å². The number of anilines is 1. The first-order chi connectivity index (χ1) is 9.03. The van der Waals surface area contributed by atoms with E-state index in [1.165, 1.54) is 22.7 Å². The molecule has 4 nitrogen and oxygen atoms in total. The van der Waals surface area contributed by atoms with Gasteiger partial charge in [0.15, 0.2) is 0 Å². The molecule has 0 aliphatic heterocycles. The van der Waals surface area contributed by atoms with Crippen LogP contribution in [-0.2, 0) is 16.6 Å². The van der Waals surface area contributed by atoms with E-state index in [0.717, 1.165) is 17.0 Å². The molecule has 19 heavy (non-hydrogen) atoms. The Kier molecular flexibility index (Phi) is 4.62. The molecule has 0 atom stereocenters. The summed E-state index contributed by atoms with van der Waals surface area (Å²) in [5.41, 5.74) is 1.63. The van der Waals surface area contributed by atoms with E-state index in [1.807, 2.05) is 19.2 Å². The largest absolute Gasteiger partial charge is 0.312 e. The number of hydrogen-bond acceptors (Lipinski definition) is 5. The lowest BCUT2D eigenvalue weighted by atomic mass is 10.3. The van der Waals surface area contributed by atoms with E-state index in [9.17, 15) is 8.42 Å². The third kappa shape index (κ3) is 3.56. The third-order valence-corrected chi connectivity index (χ3v) is 6.35. The van der Waals surface area contributed by atoms with Crippen LogP contribution < -0.4 is 10.0 Å². The van der Waals surface area contributed by atoms with Crippen LogP contribution in [0.5, 0.6) is 0 Å². The van der Waals surface area contributed by atoms with E-state index in [4.69, 9.17) is 0 Å². The van der Waals surface area contributed by atoms with Crippen molar-refractivity contribution in [3.8, 4) is 0 Å². The van der Waals surface area contributed by atoms with E-state index >= 15 is 0 Å². The van der Waals surface area contributed by atoms with Crippen LogP contribution in [0.1, 0.15) is 17.4 Å². The summed E-state index contributed by atoms with van der Waals surface area (Å²) in [7, 11) is -3.46. The molecule has 0 amide bonds.